The molecule has 0 aliphatic carbocycles. The minimum Gasteiger partial charge on any atom is -0.387 e. The third-order valence-electron chi connectivity index (χ3n) is 5.72. The maximum atomic E-state index is 13.1. The molecule has 0 spiro atoms. The quantitative estimate of drug-likeness (QED) is 0.319. The molecule has 37 heavy (non-hydrogen) atoms. The van der Waals surface area contributed by atoms with Crippen molar-refractivity contribution in [3.8, 4) is 11.1 Å². The van der Waals surface area contributed by atoms with E-state index in [1.165, 1.54) is 30.5 Å². The van der Waals surface area contributed by atoms with Gasteiger partial charge in [0.1, 0.15) is 18.3 Å². The molecule has 15 heteroatoms. The first-order valence-corrected chi connectivity index (χ1v) is 11.9. The summed E-state index contributed by atoms with van der Waals surface area (Å²) in [7, 11) is -2.74. The number of alkyl halides is 3. The molecule has 4 atom stereocenters. The van der Waals surface area contributed by atoms with Gasteiger partial charge in [-0.15, -0.1) is 0 Å². The van der Waals surface area contributed by atoms with Crippen molar-refractivity contribution in [1.29, 1.82) is 0 Å². The minimum absolute atomic E-state index is 0.199. The first-order chi connectivity index (χ1) is 17.5. The molecule has 4 unspecified atom stereocenters. The van der Waals surface area contributed by atoms with Crippen LogP contribution >= 0.6 is 8.60 Å². The lowest BCUT2D eigenvalue weighted by molar-refractivity contribution is -0.137. The summed E-state index contributed by atoms with van der Waals surface area (Å²) in [4.78, 5) is 47.5. The number of rotatable bonds is 7. The van der Waals surface area contributed by atoms with Crippen molar-refractivity contribution in [3.63, 3.8) is 0 Å². The zero-order valence-corrected chi connectivity index (χ0v) is 19.7. The molecule has 1 aliphatic heterocycles. The summed E-state index contributed by atoms with van der Waals surface area (Å²) in [5, 5.41) is 20.6. The van der Waals surface area contributed by atoms with Crippen LogP contribution in [0.3, 0.4) is 0 Å². The molecule has 4 rings (SSSR count). The SMILES string of the molecule is O=c1ccn(C2OC(COP(O)O)C(O)C2O)c(=O)n1Cc1cc(-c2cccc(C(F)(F)F)c2)ccn1. The lowest BCUT2D eigenvalue weighted by Gasteiger charge is -2.18. The van der Waals surface area contributed by atoms with Crippen LogP contribution in [-0.4, -0.2) is 59.0 Å². The molecule has 4 N–H and O–H groups in total. The fourth-order valence-electron chi connectivity index (χ4n) is 3.89. The molecular formula is C22H21F3N3O8P. The van der Waals surface area contributed by atoms with Crippen LogP contribution in [0.5, 0.6) is 0 Å². The number of hydrogen-bond acceptors (Lipinski definition) is 9. The van der Waals surface area contributed by atoms with E-state index in [4.69, 9.17) is 14.5 Å². The van der Waals surface area contributed by atoms with Crippen LogP contribution in [0.15, 0.2) is 64.4 Å². The molecular weight excluding hydrogens is 522 g/mol. The van der Waals surface area contributed by atoms with Gasteiger partial charge < -0.3 is 29.3 Å². The minimum atomic E-state index is -4.53. The van der Waals surface area contributed by atoms with E-state index >= 15 is 0 Å². The summed E-state index contributed by atoms with van der Waals surface area (Å²) < 4.78 is 51.1. The van der Waals surface area contributed by atoms with Gasteiger partial charge in [-0.1, -0.05) is 12.1 Å². The molecule has 1 fully saturated rings. The summed E-state index contributed by atoms with van der Waals surface area (Å²) in [6.07, 6.45) is -7.87. The summed E-state index contributed by atoms with van der Waals surface area (Å²) in [5.74, 6) is 0. The molecule has 3 aromatic rings. The average Bonchev–Trinajstić information content (AvgIpc) is 3.13. The van der Waals surface area contributed by atoms with Gasteiger partial charge in [0.05, 0.1) is 24.4 Å². The first-order valence-electron chi connectivity index (χ1n) is 10.7. The van der Waals surface area contributed by atoms with E-state index in [1.807, 2.05) is 0 Å². The predicted molar refractivity (Wildman–Crippen MR) is 122 cm³/mol. The number of aromatic nitrogens is 3. The van der Waals surface area contributed by atoms with Crippen LogP contribution in [-0.2, 0) is 22.0 Å². The van der Waals surface area contributed by atoms with Crippen molar-refractivity contribution in [1.82, 2.24) is 14.1 Å². The third-order valence-corrected chi connectivity index (χ3v) is 6.10. The van der Waals surface area contributed by atoms with Gasteiger partial charge in [0.2, 0.25) is 0 Å². The van der Waals surface area contributed by atoms with Gasteiger partial charge in [-0.3, -0.25) is 18.9 Å². The second-order valence-electron chi connectivity index (χ2n) is 8.14. The standard InChI is InChI=1S/C22H21F3N3O8P/c23-22(24,25)14-3-1-2-12(8-14)13-4-6-26-15(9-13)10-28-17(29)5-7-27(21(28)32)20-19(31)18(30)16(36-20)11-35-37(33)34/h1-9,16,18-20,30-31,33-34H,10-11H2. The summed E-state index contributed by atoms with van der Waals surface area (Å²) >= 11 is 0. The van der Waals surface area contributed by atoms with E-state index in [0.717, 1.165) is 33.5 Å². The first kappa shape index (κ1) is 27.1. The van der Waals surface area contributed by atoms with Crippen molar-refractivity contribution >= 4 is 8.60 Å². The van der Waals surface area contributed by atoms with E-state index in [2.05, 4.69) is 9.51 Å². The Balaban J connectivity index is 1.62. The molecule has 0 saturated carbocycles. The molecule has 1 aliphatic rings. The smallest absolute Gasteiger partial charge is 0.387 e. The maximum absolute atomic E-state index is 13.1. The van der Waals surface area contributed by atoms with E-state index in [-0.39, 0.29) is 17.8 Å². The van der Waals surface area contributed by atoms with Crippen LogP contribution in [0.2, 0.25) is 0 Å². The molecule has 0 amide bonds. The second kappa shape index (κ2) is 10.8. The fraction of sp³-hybridized carbons (Fsp3) is 0.318. The van der Waals surface area contributed by atoms with Gasteiger partial charge in [0, 0.05) is 18.5 Å². The van der Waals surface area contributed by atoms with Crippen molar-refractivity contribution in [2.75, 3.05) is 6.61 Å². The Kier molecular flexibility index (Phi) is 7.90. The number of benzene rings is 1. The van der Waals surface area contributed by atoms with Gasteiger partial charge in [0.15, 0.2) is 6.23 Å². The fourth-order valence-corrected chi connectivity index (χ4v) is 4.17. The predicted octanol–water partition coefficient (Wildman–Crippen LogP) is 0.986. The zero-order chi connectivity index (χ0) is 26.9. The maximum Gasteiger partial charge on any atom is 0.416 e. The number of aliphatic hydroxyl groups excluding tert-OH is 2. The van der Waals surface area contributed by atoms with Crippen molar-refractivity contribution in [2.24, 2.45) is 0 Å². The lowest BCUT2D eigenvalue weighted by Crippen LogP contribution is -2.43. The molecule has 2 aromatic heterocycles. The van der Waals surface area contributed by atoms with Crippen molar-refractivity contribution in [3.05, 3.63) is 87.0 Å². The van der Waals surface area contributed by atoms with Gasteiger partial charge >= 0.3 is 20.5 Å². The molecule has 1 saturated heterocycles. The van der Waals surface area contributed by atoms with Crippen LogP contribution < -0.4 is 11.2 Å². The second-order valence-corrected chi connectivity index (χ2v) is 8.90. The number of nitrogens with zero attached hydrogens (tertiary/aromatic N) is 3. The highest BCUT2D eigenvalue weighted by molar-refractivity contribution is 7.39. The largest absolute Gasteiger partial charge is 0.416 e. The molecule has 0 bridgehead atoms. The Hall–Kier alpha value is -2.97. The van der Waals surface area contributed by atoms with E-state index < -0.39 is 62.7 Å². The summed E-state index contributed by atoms with van der Waals surface area (Å²) in [6, 6.07) is 8.63. The lowest BCUT2D eigenvalue weighted by atomic mass is 10.0. The topological polar surface area (TPSA) is 156 Å². The average molecular weight is 543 g/mol. The van der Waals surface area contributed by atoms with E-state index in [9.17, 15) is 33.0 Å². The molecule has 11 nitrogen and oxygen atoms in total. The Morgan fingerprint density at radius 2 is 1.78 bits per heavy atom. The summed E-state index contributed by atoms with van der Waals surface area (Å²) in [5.41, 5.74) is -1.62. The third kappa shape index (κ3) is 5.96. The Morgan fingerprint density at radius 3 is 2.49 bits per heavy atom. The van der Waals surface area contributed by atoms with E-state index in [0.29, 0.717) is 5.56 Å². The molecule has 198 valence electrons. The molecule has 0 radical (unpaired) electrons. The van der Waals surface area contributed by atoms with Crippen LogP contribution in [0.4, 0.5) is 13.2 Å². The van der Waals surface area contributed by atoms with Gasteiger partial charge in [-0.2, -0.15) is 13.2 Å². The normalized spacial score (nSPS) is 22.1. The summed E-state index contributed by atoms with van der Waals surface area (Å²) in [6.45, 7) is -0.823. The highest BCUT2D eigenvalue weighted by Crippen LogP contribution is 2.33. The Bertz CT molecular complexity index is 1380. The Labute approximate surface area is 207 Å². The number of aliphatic hydroxyl groups is 2. The van der Waals surface area contributed by atoms with Crippen molar-refractivity contribution in [2.45, 2.75) is 37.3 Å². The van der Waals surface area contributed by atoms with Gasteiger partial charge in [-0.05, 0) is 35.4 Å². The van der Waals surface area contributed by atoms with Gasteiger partial charge in [0.25, 0.3) is 5.56 Å². The number of hydrogen-bond donors (Lipinski definition) is 4. The van der Waals surface area contributed by atoms with Crippen LogP contribution in [0.1, 0.15) is 17.5 Å². The molecule has 1 aromatic carbocycles. The van der Waals surface area contributed by atoms with Crippen LogP contribution in [0, 0.1) is 0 Å². The highest BCUT2D eigenvalue weighted by Gasteiger charge is 2.44. The van der Waals surface area contributed by atoms with Gasteiger partial charge in [-0.25, -0.2) is 4.79 Å². The Morgan fingerprint density at radius 1 is 1.05 bits per heavy atom. The molecule has 3 heterocycles. The van der Waals surface area contributed by atoms with Crippen molar-refractivity contribution < 1.29 is 42.4 Å². The zero-order valence-electron chi connectivity index (χ0n) is 18.8. The van der Waals surface area contributed by atoms with Crippen LogP contribution in [0.25, 0.3) is 11.1 Å². The number of ether oxygens (including phenoxy) is 1. The van der Waals surface area contributed by atoms with E-state index in [1.54, 1.807) is 0 Å². The highest BCUT2D eigenvalue weighted by atomic mass is 31.2. The number of pyridine rings is 1. The monoisotopic (exact) mass is 543 g/mol. The number of halogens is 3.